The summed E-state index contributed by atoms with van der Waals surface area (Å²) in [5, 5.41) is 21.6. The van der Waals surface area contributed by atoms with E-state index < -0.39 is 6.23 Å². The van der Waals surface area contributed by atoms with Crippen molar-refractivity contribution < 1.29 is 9.90 Å². The van der Waals surface area contributed by atoms with Gasteiger partial charge in [-0.15, -0.1) is 0 Å². The number of carbonyl (C=O) groups excluding carboxylic acids is 1. The monoisotopic (exact) mass is 444 g/mol. The number of allylic oxidation sites excluding steroid dienone is 3. The first-order valence-electron chi connectivity index (χ1n) is 9.71. The highest BCUT2D eigenvalue weighted by molar-refractivity contribution is 9.10. The van der Waals surface area contributed by atoms with E-state index in [1.54, 1.807) is 6.20 Å². The first kappa shape index (κ1) is 19.2. The standard InChI is InChI=1S/C21H25BrN4O2/c1-12-7-13(2)25-21(28)17(12)10-23-20(27)16-8-14(22)9-19-18(16)11-24-26(19)15-5-3-4-6-15/h7-9,11,15,21,25,28H,3-6,10H2,1-2H3,(H,23,27). The van der Waals surface area contributed by atoms with Crippen LogP contribution in [0.4, 0.5) is 0 Å². The molecule has 0 saturated heterocycles. The third-order valence-electron chi connectivity index (χ3n) is 5.67. The van der Waals surface area contributed by atoms with Crippen LogP contribution in [0.5, 0.6) is 0 Å². The number of hydrogen-bond acceptors (Lipinski definition) is 4. The number of aliphatic hydroxyl groups excluding tert-OH is 1. The second-order valence-corrected chi connectivity index (χ2v) is 8.59. The summed E-state index contributed by atoms with van der Waals surface area (Å²) in [5.41, 5.74) is 4.23. The van der Waals surface area contributed by atoms with Gasteiger partial charge in [0.25, 0.3) is 5.91 Å². The molecule has 148 valence electrons. The molecule has 0 spiro atoms. The number of dihydropyridines is 1. The fourth-order valence-electron chi connectivity index (χ4n) is 4.22. The highest BCUT2D eigenvalue weighted by Crippen LogP contribution is 2.33. The summed E-state index contributed by atoms with van der Waals surface area (Å²) < 4.78 is 2.93. The van der Waals surface area contributed by atoms with E-state index in [2.05, 4.69) is 36.3 Å². The Labute approximate surface area is 172 Å². The van der Waals surface area contributed by atoms with Crippen LogP contribution in [0.15, 0.2) is 45.7 Å². The van der Waals surface area contributed by atoms with Gasteiger partial charge in [0.15, 0.2) is 0 Å². The number of hydrogen-bond donors (Lipinski definition) is 3. The van der Waals surface area contributed by atoms with Crippen molar-refractivity contribution in [3.05, 3.63) is 51.3 Å². The van der Waals surface area contributed by atoms with Gasteiger partial charge in [-0.2, -0.15) is 5.10 Å². The van der Waals surface area contributed by atoms with Crippen LogP contribution in [0, 0.1) is 0 Å². The molecule has 0 bridgehead atoms. The molecule has 2 heterocycles. The lowest BCUT2D eigenvalue weighted by Crippen LogP contribution is -2.38. The van der Waals surface area contributed by atoms with E-state index in [1.807, 2.05) is 32.1 Å². The Kier molecular flexibility index (Phi) is 5.29. The molecule has 1 amide bonds. The molecule has 1 aliphatic heterocycles. The molecule has 7 heteroatoms. The summed E-state index contributed by atoms with van der Waals surface area (Å²) in [5.74, 6) is -0.170. The van der Waals surface area contributed by atoms with Crippen LogP contribution in [0.1, 0.15) is 55.9 Å². The van der Waals surface area contributed by atoms with Crippen molar-refractivity contribution in [3.63, 3.8) is 0 Å². The first-order chi connectivity index (χ1) is 13.4. The lowest BCUT2D eigenvalue weighted by molar-refractivity contribution is 0.0954. The van der Waals surface area contributed by atoms with Gasteiger partial charge in [0.05, 0.1) is 23.3 Å². The molecule has 0 radical (unpaired) electrons. The van der Waals surface area contributed by atoms with Crippen LogP contribution in [0.25, 0.3) is 10.9 Å². The normalized spacial score (nSPS) is 20.4. The topological polar surface area (TPSA) is 79.2 Å². The maximum absolute atomic E-state index is 13.0. The van der Waals surface area contributed by atoms with Gasteiger partial charge >= 0.3 is 0 Å². The Bertz CT molecular complexity index is 986. The number of aromatic nitrogens is 2. The number of carbonyl (C=O) groups is 1. The molecule has 1 aromatic carbocycles. The van der Waals surface area contributed by atoms with E-state index in [1.165, 1.54) is 12.8 Å². The summed E-state index contributed by atoms with van der Waals surface area (Å²) in [6.07, 6.45) is 7.71. The van der Waals surface area contributed by atoms with E-state index in [4.69, 9.17) is 0 Å². The molecule has 2 aromatic rings. The first-order valence-corrected chi connectivity index (χ1v) is 10.5. The zero-order chi connectivity index (χ0) is 19.8. The minimum absolute atomic E-state index is 0.170. The van der Waals surface area contributed by atoms with Crippen LogP contribution in [-0.4, -0.2) is 33.6 Å². The highest BCUT2D eigenvalue weighted by atomic mass is 79.9. The largest absolute Gasteiger partial charge is 0.370 e. The summed E-state index contributed by atoms with van der Waals surface area (Å²) in [6, 6.07) is 4.28. The Balaban J connectivity index is 1.60. The van der Waals surface area contributed by atoms with Gasteiger partial charge in [0, 0.05) is 27.7 Å². The van der Waals surface area contributed by atoms with Crippen molar-refractivity contribution in [2.45, 2.75) is 51.8 Å². The Morgan fingerprint density at radius 3 is 2.82 bits per heavy atom. The fraction of sp³-hybridized carbons (Fsp3) is 0.429. The number of amides is 1. The molecule has 28 heavy (non-hydrogen) atoms. The number of nitrogens with one attached hydrogen (secondary N) is 2. The summed E-state index contributed by atoms with van der Waals surface area (Å²) in [6.45, 7) is 4.13. The molecule has 1 fully saturated rings. The lowest BCUT2D eigenvalue weighted by atomic mass is 10.0. The zero-order valence-electron chi connectivity index (χ0n) is 16.1. The quantitative estimate of drug-likeness (QED) is 0.669. The molecule has 1 saturated carbocycles. The third-order valence-corrected chi connectivity index (χ3v) is 6.13. The number of fused-ring (bicyclic) bond motifs is 1. The van der Waals surface area contributed by atoms with Gasteiger partial charge < -0.3 is 15.7 Å². The van der Waals surface area contributed by atoms with Crippen molar-refractivity contribution >= 4 is 32.7 Å². The molecule has 1 aromatic heterocycles. The second kappa shape index (κ2) is 7.72. The number of benzene rings is 1. The van der Waals surface area contributed by atoms with Crippen LogP contribution >= 0.6 is 15.9 Å². The van der Waals surface area contributed by atoms with Gasteiger partial charge in [-0.25, -0.2) is 0 Å². The maximum atomic E-state index is 13.0. The van der Waals surface area contributed by atoms with E-state index in [0.29, 0.717) is 11.6 Å². The minimum Gasteiger partial charge on any atom is -0.370 e. The molecule has 6 nitrogen and oxygen atoms in total. The predicted octanol–water partition coefficient (Wildman–Crippen LogP) is 3.79. The van der Waals surface area contributed by atoms with E-state index >= 15 is 0 Å². The van der Waals surface area contributed by atoms with Crippen LogP contribution in [0.2, 0.25) is 0 Å². The SMILES string of the molecule is CC1=CC(C)=C(CNC(=O)c2cc(Br)cc3c2cnn3C2CCCC2)C(O)N1. The maximum Gasteiger partial charge on any atom is 0.252 e. The van der Waals surface area contributed by atoms with Crippen molar-refractivity contribution in [2.75, 3.05) is 6.54 Å². The molecular formula is C21H25BrN4O2. The predicted molar refractivity (Wildman–Crippen MR) is 113 cm³/mol. The van der Waals surface area contributed by atoms with Crippen LogP contribution in [-0.2, 0) is 0 Å². The average molecular weight is 445 g/mol. The fourth-order valence-corrected chi connectivity index (χ4v) is 4.67. The van der Waals surface area contributed by atoms with Gasteiger partial charge in [0.2, 0.25) is 0 Å². The summed E-state index contributed by atoms with van der Waals surface area (Å²) in [7, 11) is 0. The Hall–Kier alpha value is -2.12. The van der Waals surface area contributed by atoms with Gasteiger partial charge in [-0.05, 0) is 50.5 Å². The van der Waals surface area contributed by atoms with Crippen LogP contribution in [0.3, 0.4) is 0 Å². The van der Waals surface area contributed by atoms with Crippen molar-refractivity contribution in [2.24, 2.45) is 0 Å². The van der Waals surface area contributed by atoms with Gasteiger partial charge in [0.1, 0.15) is 6.23 Å². The molecule has 3 N–H and O–H groups in total. The summed E-state index contributed by atoms with van der Waals surface area (Å²) in [4.78, 5) is 13.0. The number of aliphatic hydroxyl groups is 1. The number of rotatable bonds is 4. The van der Waals surface area contributed by atoms with Crippen molar-refractivity contribution in [3.8, 4) is 0 Å². The van der Waals surface area contributed by atoms with Crippen molar-refractivity contribution in [1.82, 2.24) is 20.4 Å². The van der Waals surface area contributed by atoms with E-state index in [0.717, 1.165) is 45.1 Å². The van der Waals surface area contributed by atoms with Gasteiger partial charge in [-0.3, -0.25) is 9.48 Å². The molecule has 1 aliphatic carbocycles. The lowest BCUT2D eigenvalue weighted by Gasteiger charge is -2.24. The minimum atomic E-state index is -0.780. The van der Waals surface area contributed by atoms with Crippen LogP contribution < -0.4 is 10.6 Å². The second-order valence-electron chi connectivity index (χ2n) is 7.68. The number of halogens is 1. The Morgan fingerprint density at radius 2 is 2.11 bits per heavy atom. The molecule has 1 atom stereocenters. The zero-order valence-corrected chi connectivity index (χ0v) is 17.7. The molecular weight excluding hydrogens is 420 g/mol. The molecule has 4 rings (SSSR count). The smallest absolute Gasteiger partial charge is 0.252 e. The van der Waals surface area contributed by atoms with Gasteiger partial charge in [-0.1, -0.05) is 28.8 Å². The van der Waals surface area contributed by atoms with E-state index in [-0.39, 0.29) is 12.5 Å². The molecule has 1 unspecified atom stereocenters. The highest BCUT2D eigenvalue weighted by Gasteiger charge is 2.23. The molecule has 2 aliphatic rings. The Morgan fingerprint density at radius 1 is 1.36 bits per heavy atom. The van der Waals surface area contributed by atoms with E-state index in [9.17, 15) is 9.90 Å². The third kappa shape index (κ3) is 3.61. The van der Waals surface area contributed by atoms with Crippen molar-refractivity contribution in [1.29, 1.82) is 0 Å². The summed E-state index contributed by atoms with van der Waals surface area (Å²) >= 11 is 3.54. The average Bonchev–Trinajstić information content (AvgIpc) is 3.28. The number of nitrogens with zero attached hydrogens (tertiary/aromatic N) is 2.